The minimum atomic E-state index is -0.646. The minimum Gasteiger partial charge on any atom is -0.424 e. The Morgan fingerprint density at radius 1 is 0.762 bits per heavy atom. The molecule has 7 heteroatoms. The van der Waals surface area contributed by atoms with E-state index in [1.807, 2.05) is 0 Å². The molecule has 0 saturated carbocycles. The fourth-order valence-electron chi connectivity index (χ4n) is 1.65. The van der Waals surface area contributed by atoms with E-state index in [0.717, 1.165) is 19.3 Å². The molecular weight excluding hydrogens is 292 g/mol. The predicted octanol–water partition coefficient (Wildman–Crippen LogP) is 1.58. The van der Waals surface area contributed by atoms with Crippen LogP contribution in [0.25, 0.3) is 0 Å². The highest BCUT2D eigenvalue weighted by Gasteiger charge is 2.18. The highest BCUT2D eigenvalue weighted by atomic mass is 28.1. The van der Waals surface area contributed by atoms with Crippen molar-refractivity contribution in [3.8, 4) is 0 Å². The molecule has 0 aromatic carbocycles. The molecule has 6 nitrogen and oxygen atoms in total. The molecule has 0 spiro atoms. The Balaban J connectivity index is 4.88. The molecule has 0 aromatic heterocycles. The largest absolute Gasteiger partial charge is 0.424 e. The van der Waals surface area contributed by atoms with Crippen LogP contribution in [0.3, 0.4) is 0 Å². The van der Waals surface area contributed by atoms with Crippen molar-refractivity contribution in [3.63, 3.8) is 0 Å². The van der Waals surface area contributed by atoms with E-state index in [-0.39, 0.29) is 11.7 Å². The lowest BCUT2D eigenvalue weighted by Crippen LogP contribution is -2.12. The molecule has 0 amide bonds. The topological polar surface area (TPSA) is 78.9 Å². The van der Waals surface area contributed by atoms with Crippen LogP contribution in [0.2, 0.25) is 6.04 Å². The second-order valence-corrected chi connectivity index (χ2v) is 5.66. The number of ether oxygens (including phenoxy) is 3. The Bertz CT molecular complexity index is 384. The maximum absolute atomic E-state index is 11.1. The first-order valence-electron chi connectivity index (χ1n) is 7.15. The number of hydrogen-bond acceptors (Lipinski definition) is 6. The standard InChI is InChI=1S/C14H24O6Si/c1-10(15)18-13(8-6-4-5-7-9-21)14(19-11(2)16)20-12(3)17/h4-9H2,1-3,21H3. The maximum atomic E-state index is 11.1. The molecule has 0 N–H and O–H groups in total. The SMILES string of the molecule is CC(=O)OC(CCCCCC[SiH3])=C(OC(C)=O)OC(C)=O. The quantitative estimate of drug-likeness (QED) is 0.278. The van der Waals surface area contributed by atoms with Crippen LogP contribution >= 0.6 is 0 Å². The third-order valence-corrected chi connectivity index (χ3v) is 3.18. The Morgan fingerprint density at radius 3 is 1.67 bits per heavy atom. The smallest absolute Gasteiger partial charge is 0.335 e. The van der Waals surface area contributed by atoms with Gasteiger partial charge in [-0.2, -0.15) is 0 Å². The van der Waals surface area contributed by atoms with E-state index in [0.29, 0.717) is 6.42 Å². The molecule has 0 rings (SSSR count). The fraction of sp³-hybridized carbons (Fsp3) is 0.643. The molecular formula is C14H24O6Si. The average Bonchev–Trinajstić information content (AvgIpc) is 2.34. The summed E-state index contributed by atoms with van der Waals surface area (Å²) in [6.07, 6.45) is 4.40. The molecule has 120 valence electrons. The van der Waals surface area contributed by atoms with Gasteiger partial charge in [0.05, 0.1) is 0 Å². The third kappa shape index (κ3) is 10.8. The van der Waals surface area contributed by atoms with Gasteiger partial charge >= 0.3 is 23.9 Å². The summed E-state index contributed by atoms with van der Waals surface area (Å²) in [6.45, 7) is 3.60. The Labute approximate surface area is 128 Å². The normalized spacial score (nSPS) is 9.86. The zero-order valence-corrected chi connectivity index (χ0v) is 15.2. The molecule has 0 aliphatic heterocycles. The number of carbonyl (C=O) groups excluding carboxylic acids is 3. The number of unbranched alkanes of at least 4 members (excludes halogenated alkanes) is 3. The number of allylic oxidation sites excluding steroid dienone is 1. The van der Waals surface area contributed by atoms with E-state index in [1.54, 1.807) is 0 Å². The number of hydrogen-bond donors (Lipinski definition) is 0. The molecule has 0 unspecified atom stereocenters. The van der Waals surface area contributed by atoms with Gasteiger partial charge in [-0.15, -0.1) is 0 Å². The average molecular weight is 316 g/mol. The van der Waals surface area contributed by atoms with Gasteiger partial charge in [-0.3, -0.25) is 14.4 Å². The second kappa shape index (κ2) is 11.1. The maximum Gasteiger partial charge on any atom is 0.335 e. The lowest BCUT2D eigenvalue weighted by molar-refractivity contribution is -0.154. The van der Waals surface area contributed by atoms with Gasteiger partial charge in [-0.25, -0.2) is 0 Å². The summed E-state index contributed by atoms with van der Waals surface area (Å²) in [7, 11) is 1.20. The minimum absolute atomic E-state index is 0.0822. The first-order valence-corrected chi connectivity index (χ1v) is 8.56. The summed E-state index contributed by atoms with van der Waals surface area (Å²) < 4.78 is 14.7. The van der Waals surface area contributed by atoms with E-state index < -0.39 is 17.9 Å². The van der Waals surface area contributed by atoms with Crippen molar-refractivity contribution in [3.05, 3.63) is 11.7 Å². The van der Waals surface area contributed by atoms with Crippen molar-refractivity contribution in [2.45, 2.75) is 58.9 Å². The van der Waals surface area contributed by atoms with Gasteiger partial charge < -0.3 is 14.2 Å². The van der Waals surface area contributed by atoms with Crippen LogP contribution in [0, 0.1) is 0 Å². The zero-order valence-electron chi connectivity index (χ0n) is 13.2. The van der Waals surface area contributed by atoms with Gasteiger partial charge in [0.25, 0.3) is 0 Å². The van der Waals surface area contributed by atoms with Gasteiger partial charge in [0.2, 0.25) is 0 Å². The van der Waals surface area contributed by atoms with E-state index in [1.165, 1.54) is 43.5 Å². The molecule has 21 heavy (non-hydrogen) atoms. The van der Waals surface area contributed by atoms with Crippen LogP contribution in [0.15, 0.2) is 11.7 Å². The summed E-state index contributed by atoms with van der Waals surface area (Å²) in [5.41, 5.74) is 0. The van der Waals surface area contributed by atoms with Gasteiger partial charge in [-0.1, -0.05) is 25.3 Å². The number of esters is 3. The van der Waals surface area contributed by atoms with Crippen molar-refractivity contribution in [2.24, 2.45) is 0 Å². The van der Waals surface area contributed by atoms with Crippen LogP contribution < -0.4 is 0 Å². The van der Waals surface area contributed by atoms with E-state index in [4.69, 9.17) is 14.2 Å². The van der Waals surface area contributed by atoms with Crippen LogP contribution in [-0.2, 0) is 28.6 Å². The summed E-state index contributed by atoms with van der Waals surface area (Å²) >= 11 is 0. The molecule has 0 aliphatic rings. The molecule has 0 atom stereocenters. The third-order valence-electron chi connectivity index (χ3n) is 2.47. The van der Waals surface area contributed by atoms with Crippen LogP contribution in [0.4, 0.5) is 0 Å². The van der Waals surface area contributed by atoms with Crippen LogP contribution in [0.1, 0.15) is 52.9 Å². The lowest BCUT2D eigenvalue weighted by Gasteiger charge is -2.12. The van der Waals surface area contributed by atoms with Gasteiger partial charge in [0.15, 0.2) is 5.76 Å². The molecule has 0 heterocycles. The summed E-state index contributed by atoms with van der Waals surface area (Å²) in [4.78, 5) is 33.2. The van der Waals surface area contributed by atoms with E-state index in [9.17, 15) is 14.4 Å². The molecule has 0 saturated heterocycles. The first kappa shape index (κ1) is 19.4. The van der Waals surface area contributed by atoms with Crippen molar-refractivity contribution >= 4 is 28.2 Å². The molecule has 0 fully saturated rings. The number of rotatable bonds is 9. The molecule has 0 aromatic rings. The summed E-state index contributed by atoms with van der Waals surface area (Å²) in [6, 6.07) is 1.26. The Hall–Kier alpha value is -1.63. The van der Waals surface area contributed by atoms with Gasteiger partial charge in [-0.05, 0) is 6.42 Å². The summed E-state index contributed by atoms with van der Waals surface area (Å²) in [5, 5.41) is 0. The van der Waals surface area contributed by atoms with Gasteiger partial charge in [0.1, 0.15) is 0 Å². The molecule has 0 radical (unpaired) electrons. The lowest BCUT2D eigenvalue weighted by atomic mass is 10.1. The fourth-order valence-corrected chi connectivity index (χ4v) is 2.15. The van der Waals surface area contributed by atoms with Crippen molar-refractivity contribution in [1.82, 2.24) is 0 Å². The van der Waals surface area contributed by atoms with Crippen LogP contribution in [0.5, 0.6) is 0 Å². The highest BCUT2D eigenvalue weighted by molar-refractivity contribution is 6.08. The second-order valence-electron chi connectivity index (χ2n) is 4.66. The summed E-state index contributed by atoms with van der Waals surface area (Å²) in [5.74, 6) is -2.10. The van der Waals surface area contributed by atoms with Gasteiger partial charge in [0, 0.05) is 37.4 Å². The Kier molecular flexibility index (Phi) is 10.2. The monoisotopic (exact) mass is 316 g/mol. The zero-order chi connectivity index (χ0) is 16.3. The highest BCUT2D eigenvalue weighted by Crippen LogP contribution is 2.19. The predicted molar refractivity (Wildman–Crippen MR) is 80.2 cm³/mol. The molecule has 0 bridgehead atoms. The van der Waals surface area contributed by atoms with E-state index in [2.05, 4.69) is 0 Å². The molecule has 0 aliphatic carbocycles. The van der Waals surface area contributed by atoms with Crippen molar-refractivity contribution in [1.29, 1.82) is 0 Å². The van der Waals surface area contributed by atoms with Crippen molar-refractivity contribution in [2.75, 3.05) is 0 Å². The van der Waals surface area contributed by atoms with E-state index >= 15 is 0 Å². The number of carbonyl (C=O) groups is 3. The van der Waals surface area contributed by atoms with Crippen molar-refractivity contribution < 1.29 is 28.6 Å². The Morgan fingerprint density at radius 2 is 1.24 bits per heavy atom. The first-order chi connectivity index (χ1) is 9.86. The van der Waals surface area contributed by atoms with Crippen LogP contribution in [-0.4, -0.2) is 28.2 Å².